The second kappa shape index (κ2) is 6.67. The number of hydrogen-bond acceptors (Lipinski definition) is 3. The van der Waals surface area contributed by atoms with E-state index in [0.29, 0.717) is 17.4 Å². The monoisotopic (exact) mass is 353 g/mol. The van der Waals surface area contributed by atoms with E-state index in [0.717, 1.165) is 0 Å². The van der Waals surface area contributed by atoms with Gasteiger partial charge in [-0.05, 0) is 24.1 Å². The smallest absolute Gasteiger partial charge is 0.340 e. The number of carbonyl (C=O) groups is 2. The summed E-state index contributed by atoms with van der Waals surface area (Å²) < 4.78 is 20.1. The highest BCUT2D eigenvalue weighted by Gasteiger charge is 2.23. The van der Waals surface area contributed by atoms with Gasteiger partial charge in [-0.1, -0.05) is 18.2 Å². The maximum Gasteiger partial charge on any atom is 0.340 e. The first kappa shape index (κ1) is 15.4. The lowest BCUT2D eigenvalue weighted by molar-refractivity contribution is 0.0523. The molecule has 0 aliphatic heterocycles. The van der Waals surface area contributed by atoms with Crippen LogP contribution in [0.2, 0.25) is 0 Å². The standard InChI is InChI=1S/C15H13BrFNO3/c1-2-21-15(20)14-11(8-18(16)13(14)9-19)7-10-5-3-4-6-12(10)17/h3-6,8-9H,2,7H2,1H3. The van der Waals surface area contributed by atoms with Gasteiger partial charge in [0.2, 0.25) is 0 Å². The molecule has 110 valence electrons. The summed E-state index contributed by atoms with van der Waals surface area (Å²) in [6.07, 6.45) is 2.33. The van der Waals surface area contributed by atoms with E-state index >= 15 is 0 Å². The molecule has 0 aliphatic rings. The predicted molar refractivity (Wildman–Crippen MR) is 79.3 cm³/mol. The molecule has 2 rings (SSSR count). The van der Waals surface area contributed by atoms with Crippen LogP contribution in [0.3, 0.4) is 0 Å². The van der Waals surface area contributed by atoms with Gasteiger partial charge in [0.1, 0.15) is 11.5 Å². The summed E-state index contributed by atoms with van der Waals surface area (Å²) in [6, 6.07) is 6.30. The molecule has 0 saturated carbocycles. The molecule has 1 aromatic carbocycles. The Labute approximate surface area is 129 Å². The summed E-state index contributed by atoms with van der Waals surface area (Å²) in [4.78, 5) is 23.2. The van der Waals surface area contributed by atoms with Gasteiger partial charge in [0.15, 0.2) is 6.29 Å². The van der Waals surface area contributed by atoms with Crippen LogP contribution in [-0.4, -0.2) is 22.5 Å². The fourth-order valence-corrected chi connectivity index (χ4v) is 2.58. The molecule has 0 fully saturated rings. The lowest BCUT2D eigenvalue weighted by atomic mass is 10.0. The average Bonchev–Trinajstić information content (AvgIpc) is 2.77. The van der Waals surface area contributed by atoms with Gasteiger partial charge in [0, 0.05) is 12.6 Å². The lowest BCUT2D eigenvalue weighted by Crippen LogP contribution is -2.10. The summed E-state index contributed by atoms with van der Waals surface area (Å²) >= 11 is 3.16. The molecule has 4 nitrogen and oxygen atoms in total. The first-order valence-electron chi connectivity index (χ1n) is 6.34. The third kappa shape index (κ3) is 3.21. The predicted octanol–water partition coefficient (Wildman–Crippen LogP) is 3.37. The molecular weight excluding hydrogens is 341 g/mol. The Bertz CT molecular complexity index is 682. The Balaban J connectivity index is 2.46. The van der Waals surface area contributed by atoms with Gasteiger partial charge in [-0.15, -0.1) is 0 Å². The van der Waals surface area contributed by atoms with E-state index in [1.807, 2.05) is 0 Å². The molecule has 0 bridgehead atoms. The minimum Gasteiger partial charge on any atom is -0.462 e. The number of rotatable bonds is 5. The number of ether oxygens (including phenoxy) is 1. The van der Waals surface area contributed by atoms with Crippen molar-refractivity contribution in [3.8, 4) is 0 Å². The van der Waals surface area contributed by atoms with Gasteiger partial charge in [0.05, 0.1) is 28.3 Å². The summed E-state index contributed by atoms with van der Waals surface area (Å²) in [6.45, 7) is 1.88. The van der Waals surface area contributed by atoms with Crippen molar-refractivity contribution < 1.29 is 18.7 Å². The van der Waals surface area contributed by atoms with Crippen LogP contribution in [0.4, 0.5) is 4.39 Å². The fourth-order valence-electron chi connectivity index (χ4n) is 2.07. The van der Waals surface area contributed by atoms with Crippen LogP contribution in [0.15, 0.2) is 30.5 Å². The average molecular weight is 354 g/mol. The van der Waals surface area contributed by atoms with Crippen molar-refractivity contribution in [1.82, 2.24) is 3.59 Å². The Morgan fingerprint density at radius 3 is 2.71 bits per heavy atom. The molecule has 21 heavy (non-hydrogen) atoms. The first-order chi connectivity index (χ1) is 10.1. The highest BCUT2D eigenvalue weighted by molar-refractivity contribution is 9.08. The lowest BCUT2D eigenvalue weighted by Gasteiger charge is -2.06. The van der Waals surface area contributed by atoms with Gasteiger partial charge < -0.3 is 4.74 Å². The van der Waals surface area contributed by atoms with Gasteiger partial charge >= 0.3 is 5.97 Å². The molecule has 6 heteroatoms. The number of nitrogens with zero attached hydrogens (tertiary/aromatic N) is 1. The number of carbonyl (C=O) groups excluding carboxylic acids is 2. The molecule has 0 atom stereocenters. The SMILES string of the molecule is CCOC(=O)c1c(Cc2ccccc2F)cn(Br)c1C=O. The molecule has 0 radical (unpaired) electrons. The van der Waals surface area contributed by atoms with E-state index in [4.69, 9.17) is 4.74 Å². The largest absolute Gasteiger partial charge is 0.462 e. The number of aldehydes is 1. The molecule has 1 aromatic heterocycles. The number of benzene rings is 1. The quantitative estimate of drug-likeness (QED) is 0.611. The molecule has 0 saturated heterocycles. The van der Waals surface area contributed by atoms with Crippen molar-refractivity contribution >= 4 is 28.4 Å². The zero-order chi connectivity index (χ0) is 15.4. The summed E-state index contributed by atoms with van der Waals surface area (Å²) in [5.74, 6) is -0.952. The molecule has 0 N–H and O–H groups in total. The Morgan fingerprint density at radius 1 is 1.38 bits per heavy atom. The van der Waals surface area contributed by atoms with Crippen LogP contribution in [0.25, 0.3) is 0 Å². The van der Waals surface area contributed by atoms with Crippen molar-refractivity contribution in [2.75, 3.05) is 6.61 Å². The zero-order valence-electron chi connectivity index (χ0n) is 11.3. The number of hydrogen-bond donors (Lipinski definition) is 0. The minimum absolute atomic E-state index is 0.153. The first-order valence-corrected chi connectivity index (χ1v) is 7.05. The normalized spacial score (nSPS) is 10.4. The van der Waals surface area contributed by atoms with Crippen LogP contribution in [0.1, 0.15) is 38.9 Å². The van der Waals surface area contributed by atoms with Crippen LogP contribution in [0, 0.1) is 5.82 Å². The highest BCUT2D eigenvalue weighted by atomic mass is 79.9. The maximum atomic E-state index is 13.7. The third-order valence-electron chi connectivity index (χ3n) is 3.01. The van der Waals surface area contributed by atoms with E-state index in [1.54, 1.807) is 31.3 Å². The topological polar surface area (TPSA) is 48.3 Å². The molecule has 0 amide bonds. The summed E-state index contributed by atoms with van der Waals surface area (Å²) in [5.41, 5.74) is 1.28. The van der Waals surface area contributed by atoms with E-state index < -0.39 is 5.97 Å². The summed E-state index contributed by atoms with van der Waals surface area (Å²) in [5, 5.41) is 0. The summed E-state index contributed by atoms with van der Waals surface area (Å²) in [7, 11) is 0. The van der Waals surface area contributed by atoms with Gasteiger partial charge in [-0.3, -0.25) is 8.39 Å². The van der Waals surface area contributed by atoms with Crippen LogP contribution >= 0.6 is 16.1 Å². The second-order valence-electron chi connectivity index (χ2n) is 4.33. The zero-order valence-corrected chi connectivity index (χ0v) is 12.9. The number of esters is 1. The van der Waals surface area contributed by atoms with Gasteiger partial charge in [-0.25, -0.2) is 9.18 Å². The van der Waals surface area contributed by atoms with Crippen LogP contribution < -0.4 is 0 Å². The van der Waals surface area contributed by atoms with Gasteiger partial charge in [0.25, 0.3) is 0 Å². The Morgan fingerprint density at radius 2 is 2.10 bits per heavy atom. The van der Waals surface area contributed by atoms with Crippen molar-refractivity contribution in [3.63, 3.8) is 0 Å². The fraction of sp³-hybridized carbons (Fsp3) is 0.200. The minimum atomic E-state index is -0.593. The van der Waals surface area contributed by atoms with Gasteiger partial charge in [-0.2, -0.15) is 0 Å². The Hall–Kier alpha value is -1.95. The van der Waals surface area contributed by atoms with Crippen LogP contribution in [-0.2, 0) is 11.2 Å². The third-order valence-corrected chi connectivity index (χ3v) is 3.59. The van der Waals surface area contributed by atoms with Crippen molar-refractivity contribution in [3.05, 3.63) is 58.7 Å². The maximum absolute atomic E-state index is 13.7. The molecule has 0 unspecified atom stereocenters. The second-order valence-corrected chi connectivity index (χ2v) is 5.10. The van der Waals surface area contributed by atoms with E-state index in [9.17, 15) is 14.0 Å². The van der Waals surface area contributed by atoms with Crippen molar-refractivity contribution in [2.45, 2.75) is 13.3 Å². The molecular formula is C15H13BrFNO3. The molecule has 0 spiro atoms. The van der Waals surface area contributed by atoms with E-state index in [1.165, 1.54) is 9.66 Å². The van der Waals surface area contributed by atoms with Crippen LogP contribution in [0.5, 0.6) is 0 Å². The number of halogens is 2. The Kier molecular flexibility index (Phi) is 4.90. The highest BCUT2D eigenvalue weighted by Crippen LogP contribution is 2.23. The molecule has 2 aromatic rings. The van der Waals surface area contributed by atoms with Crippen molar-refractivity contribution in [2.24, 2.45) is 0 Å². The van der Waals surface area contributed by atoms with E-state index in [2.05, 4.69) is 16.1 Å². The molecule has 0 aliphatic carbocycles. The van der Waals surface area contributed by atoms with Crippen molar-refractivity contribution in [1.29, 1.82) is 0 Å². The number of aromatic nitrogens is 1. The molecule has 1 heterocycles. The van der Waals surface area contributed by atoms with E-state index in [-0.39, 0.29) is 30.1 Å².